The minimum atomic E-state index is -3.77. The van der Waals surface area contributed by atoms with Crippen LogP contribution in [0.5, 0.6) is 0 Å². The standard InChI is InChI=1S/C13H15N3O2S/c1-9-5-6-10(2)12(8-9)16-19(17,18)13-11(14)4-3-7-15-13/h3-8,16H,14H2,1-2H3. The minimum absolute atomic E-state index is 0.125. The number of aryl methyl sites for hydroxylation is 2. The van der Waals surface area contributed by atoms with Crippen molar-refractivity contribution in [1.82, 2.24) is 4.98 Å². The topological polar surface area (TPSA) is 85.1 Å². The van der Waals surface area contributed by atoms with Gasteiger partial charge in [0.2, 0.25) is 0 Å². The zero-order chi connectivity index (χ0) is 14.0. The van der Waals surface area contributed by atoms with Crippen molar-refractivity contribution in [3.05, 3.63) is 47.7 Å². The van der Waals surface area contributed by atoms with Crippen LogP contribution in [0, 0.1) is 13.8 Å². The molecular formula is C13H15N3O2S. The highest BCUT2D eigenvalue weighted by Crippen LogP contribution is 2.22. The SMILES string of the molecule is Cc1ccc(C)c(NS(=O)(=O)c2ncccc2N)c1. The highest BCUT2D eigenvalue weighted by Gasteiger charge is 2.19. The van der Waals surface area contributed by atoms with Gasteiger partial charge >= 0.3 is 0 Å². The van der Waals surface area contributed by atoms with Gasteiger partial charge in [-0.25, -0.2) is 4.98 Å². The minimum Gasteiger partial charge on any atom is -0.396 e. The van der Waals surface area contributed by atoms with E-state index in [4.69, 9.17) is 5.73 Å². The maximum Gasteiger partial charge on any atom is 0.281 e. The first-order valence-corrected chi connectivity index (χ1v) is 7.19. The van der Waals surface area contributed by atoms with E-state index < -0.39 is 10.0 Å². The average molecular weight is 277 g/mol. The summed E-state index contributed by atoms with van der Waals surface area (Å²) >= 11 is 0. The summed E-state index contributed by atoms with van der Waals surface area (Å²) in [6, 6.07) is 8.64. The lowest BCUT2D eigenvalue weighted by Gasteiger charge is -2.11. The largest absolute Gasteiger partial charge is 0.396 e. The lowest BCUT2D eigenvalue weighted by atomic mass is 10.1. The van der Waals surface area contributed by atoms with Gasteiger partial charge in [0, 0.05) is 6.20 Å². The van der Waals surface area contributed by atoms with E-state index in [9.17, 15) is 8.42 Å². The average Bonchev–Trinajstić information content (AvgIpc) is 2.34. The highest BCUT2D eigenvalue weighted by molar-refractivity contribution is 7.92. The van der Waals surface area contributed by atoms with Crippen LogP contribution in [0.4, 0.5) is 11.4 Å². The molecule has 0 saturated heterocycles. The first-order valence-electron chi connectivity index (χ1n) is 5.71. The maximum absolute atomic E-state index is 12.2. The third-order valence-electron chi connectivity index (χ3n) is 2.69. The number of hydrogen-bond acceptors (Lipinski definition) is 4. The lowest BCUT2D eigenvalue weighted by molar-refractivity contribution is 0.598. The molecule has 1 heterocycles. The van der Waals surface area contributed by atoms with Crippen molar-refractivity contribution in [2.75, 3.05) is 10.5 Å². The summed E-state index contributed by atoms with van der Waals surface area (Å²) in [6.45, 7) is 3.73. The Hall–Kier alpha value is -2.08. The quantitative estimate of drug-likeness (QED) is 0.899. The molecule has 0 amide bonds. The molecule has 0 spiro atoms. The first kappa shape index (κ1) is 13.4. The molecule has 0 bridgehead atoms. The summed E-state index contributed by atoms with van der Waals surface area (Å²) in [5.74, 6) is 0. The summed E-state index contributed by atoms with van der Waals surface area (Å²) in [4.78, 5) is 3.82. The monoisotopic (exact) mass is 277 g/mol. The predicted octanol–water partition coefficient (Wildman–Crippen LogP) is 2.08. The highest BCUT2D eigenvalue weighted by atomic mass is 32.2. The van der Waals surface area contributed by atoms with Crippen LogP contribution in [0.25, 0.3) is 0 Å². The van der Waals surface area contributed by atoms with Crippen molar-refractivity contribution in [3.63, 3.8) is 0 Å². The zero-order valence-electron chi connectivity index (χ0n) is 10.7. The second kappa shape index (κ2) is 4.89. The number of nitrogens with one attached hydrogen (secondary N) is 1. The number of nitrogen functional groups attached to an aromatic ring is 1. The molecule has 100 valence electrons. The van der Waals surface area contributed by atoms with Crippen molar-refractivity contribution in [1.29, 1.82) is 0 Å². The molecular weight excluding hydrogens is 262 g/mol. The summed E-state index contributed by atoms with van der Waals surface area (Å²) in [6.07, 6.45) is 1.40. The van der Waals surface area contributed by atoms with Crippen molar-refractivity contribution < 1.29 is 8.42 Å². The number of benzene rings is 1. The molecule has 0 radical (unpaired) electrons. The third-order valence-corrected chi connectivity index (χ3v) is 4.03. The number of aromatic nitrogens is 1. The number of pyridine rings is 1. The number of nitrogens with two attached hydrogens (primary N) is 1. The molecule has 0 aliphatic heterocycles. The molecule has 0 unspecified atom stereocenters. The molecule has 3 N–H and O–H groups in total. The molecule has 2 rings (SSSR count). The summed E-state index contributed by atoms with van der Waals surface area (Å²) in [5, 5.41) is -0.157. The number of anilines is 2. The molecule has 1 aromatic carbocycles. The Morgan fingerprint density at radius 3 is 2.63 bits per heavy atom. The van der Waals surface area contributed by atoms with Gasteiger partial charge in [-0.05, 0) is 43.2 Å². The molecule has 0 saturated carbocycles. The molecule has 0 atom stereocenters. The summed E-state index contributed by atoms with van der Waals surface area (Å²) < 4.78 is 27.0. The van der Waals surface area contributed by atoms with Crippen molar-refractivity contribution in [2.24, 2.45) is 0 Å². The Labute approximate surface area is 112 Å². The fraction of sp³-hybridized carbons (Fsp3) is 0.154. The van der Waals surface area contributed by atoms with Crippen LogP contribution in [0.2, 0.25) is 0 Å². The third kappa shape index (κ3) is 2.85. The fourth-order valence-electron chi connectivity index (χ4n) is 1.67. The Morgan fingerprint density at radius 2 is 1.95 bits per heavy atom. The molecule has 5 nitrogen and oxygen atoms in total. The van der Waals surface area contributed by atoms with E-state index in [-0.39, 0.29) is 10.7 Å². The van der Waals surface area contributed by atoms with Gasteiger partial charge in [-0.2, -0.15) is 8.42 Å². The van der Waals surface area contributed by atoms with Gasteiger partial charge in [0.1, 0.15) is 0 Å². The van der Waals surface area contributed by atoms with Crippen molar-refractivity contribution >= 4 is 21.4 Å². The molecule has 2 aromatic rings. The van der Waals surface area contributed by atoms with Gasteiger partial charge in [-0.3, -0.25) is 4.72 Å². The number of rotatable bonds is 3. The van der Waals surface area contributed by atoms with Crippen LogP contribution in [0.3, 0.4) is 0 Å². The first-order chi connectivity index (χ1) is 8.90. The van der Waals surface area contributed by atoms with Crippen LogP contribution in [0.1, 0.15) is 11.1 Å². The predicted molar refractivity (Wildman–Crippen MR) is 75.4 cm³/mol. The Kier molecular flexibility index (Phi) is 3.44. The molecule has 6 heteroatoms. The maximum atomic E-state index is 12.2. The van der Waals surface area contributed by atoms with E-state index in [0.717, 1.165) is 11.1 Å². The van der Waals surface area contributed by atoms with E-state index >= 15 is 0 Å². The van der Waals surface area contributed by atoms with Crippen molar-refractivity contribution in [3.8, 4) is 0 Å². The molecule has 1 aromatic heterocycles. The number of hydrogen-bond donors (Lipinski definition) is 2. The second-order valence-electron chi connectivity index (χ2n) is 4.32. The normalized spacial score (nSPS) is 11.3. The van der Waals surface area contributed by atoms with Gasteiger partial charge in [0.25, 0.3) is 10.0 Å². The Bertz CT molecular complexity index is 712. The van der Waals surface area contributed by atoms with Gasteiger partial charge in [0.15, 0.2) is 5.03 Å². The molecule has 0 aliphatic carbocycles. The smallest absolute Gasteiger partial charge is 0.281 e. The van der Waals surface area contributed by atoms with Gasteiger partial charge in [-0.15, -0.1) is 0 Å². The van der Waals surface area contributed by atoms with Gasteiger partial charge in [0.05, 0.1) is 11.4 Å². The van der Waals surface area contributed by atoms with Crippen LogP contribution in [-0.2, 0) is 10.0 Å². The number of nitrogens with zero attached hydrogens (tertiary/aromatic N) is 1. The van der Waals surface area contributed by atoms with Crippen LogP contribution >= 0.6 is 0 Å². The second-order valence-corrected chi connectivity index (χ2v) is 5.92. The van der Waals surface area contributed by atoms with Crippen LogP contribution in [-0.4, -0.2) is 13.4 Å². The van der Waals surface area contributed by atoms with Crippen LogP contribution in [0.15, 0.2) is 41.6 Å². The summed E-state index contributed by atoms with van der Waals surface area (Å²) in [7, 11) is -3.77. The molecule has 19 heavy (non-hydrogen) atoms. The Morgan fingerprint density at radius 1 is 1.21 bits per heavy atom. The zero-order valence-corrected chi connectivity index (χ0v) is 11.5. The fourth-order valence-corrected chi connectivity index (χ4v) is 2.85. The molecule has 0 aliphatic rings. The van der Waals surface area contributed by atoms with Crippen molar-refractivity contribution in [2.45, 2.75) is 18.9 Å². The van der Waals surface area contributed by atoms with E-state index in [0.29, 0.717) is 5.69 Å². The van der Waals surface area contributed by atoms with Gasteiger partial charge in [-0.1, -0.05) is 12.1 Å². The van der Waals surface area contributed by atoms with E-state index in [2.05, 4.69) is 9.71 Å². The van der Waals surface area contributed by atoms with E-state index in [1.807, 2.05) is 26.0 Å². The lowest BCUT2D eigenvalue weighted by Crippen LogP contribution is -2.17. The number of sulfonamides is 1. The van der Waals surface area contributed by atoms with E-state index in [1.54, 1.807) is 12.1 Å². The van der Waals surface area contributed by atoms with Gasteiger partial charge < -0.3 is 5.73 Å². The summed E-state index contributed by atoms with van der Waals surface area (Å²) in [5.41, 5.74) is 8.11. The van der Waals surface area contributed by atoms with Crippen LogP contribution < -0.4 is 10.5 Å². The molecule has 0 fully saturated rings. The Balaban J connectivity index is 2.43. The van der Waals surface area contributed by atoms with E-state index in [1.165, 1.54) is 12.3 Å².